The predicted octanol–water partition coefficient (Wildman–Crippen LogP) is 4.46. The molecule has 6 nitrogen and oxygen atoms in total. The van der Waals surface area contributed by atoms with Gasteiger partial charge in [0.2, 0.25) is 10.0 Å². The molecule has 1 saturated heterocycles. The zero-order chi connectivity index (χ0) is 25.0. The Balaban J connectivity index is 1.44. The number of hydrogen-bond acceptors (Lipinski definition) is 5. The van der Waals surface area contributed by atoms with Crippen LogP contribution >= 0.6 is 0 Å². The molecule has 0 unspecified atom stereocenters. The van der Waals surface area contributed by atoms with Gasteiger partial charge < -0.3 is 9.47 Å². The lowest BCUT2D eigenvalue weighted by molar-refractivity contribution is 0.0322. The molecule has 7 heteroatoms. The van der Waals surface area contributed by atoms with Gasteiger partial charge in [-0.25, -0.2) is 8.42 Å². The maximum absolute atomic E-state index is 11.7. The van der Waals surface area contributed by atoms with E-state index in [-0.39, 0.29) is 0 Å². The standard InChI is InChI=1S/C29H32N2O4S/c1-36(32,33)30-25-7-4-5-22(19-25)20-29-27-8-3-2-6-23(27)9-10-24-21-26(11-12-28(24)29)35-18-15-31-13-16-34-17-14-31/h2-8,11-12,19-21,30H,9-10,13-18H2,1H3/b29-20+. The SMILES string of the molecule is CS(=O)(=O)Nc1cccc(/C=C2\c3ccccc3CCc3cc(OCCN4CCOCC4)ccc32)c1. The van der Waals surface area contributed by atoms with E-state index in [2.05, 4.69) is 58.2 Å². The smallest absolute Gasteiger partial charge is 0.229 e. The molecular weight excluding hydrogens is 472 g/mol. The highest BCUT2D eigenvalue weighted by molar-refractivity contribution is 7.92. The summed E-state index contributed by atoms with van der Waals surface area (Å²) >= 11 is 0. The Bertz CT molecular complexity index is 1360. The van der Waals surface area contributed by atoms with Crippen LogP contribution in [0.15, 0.2) is 66.7 Å². The van der Waals surface area contributed by atoms with Gasteiger partial charge >= 0.3 is 0 Å². The average molecular weight is 505 g/mol. The number of ether oxygens (including phenoxy) is 2. The molecule has 1 aliphatic heterocycles. The average Bonchev–Trinajstić information content (AvgIpc) is 3.01. The Morgan fingerprint density at radius 1 is 0.944 bits per heavy atom. The molecule has 188 valence electrons. The van der Waals surface area contributed by atoms with Crippen LogP contribution in [0.5, 0.6) is 5.75 Å². The monoisotopic (exact) mass is 504 g/mol. The van der Waals surface area contributed by atoms with Crippen LogP contribution in [0.1, 0.15) is 27.8 Å². The third-order valence-corrected chi connectivity index (χ3v) is 7.23. The highest BCUT2D eigenvalue weighted by Crippen LogP contribution is 2.36. The molecule has 0 spiro atoms. The second-order valence-corrected chi connectivity index (χ2v) is 11.1. The van der Waals surface area contributed by atoms with Crippen molar-refractivity contribution in [2.75, 3.05) is 50.4 Å². The van der Waals surface area contributed by atoms with Crippen molar-refractivity contribution in [2.24, 2.45) is 0 Å². The van der Waals surface area contributed by atoms with E-state index < -0.39 is 10.0 Å². The summed E-state index contributed by atoms with van der Waals surface area (Å²) in [5, 5.41) is 0. The zero-order valence-electron chi connectivity index (χ0n) is 20.6. The van der Waals surface area contributed by atoms with Crippen molar-refractivity contribution < 1.29 is 17.9 Å². The van der Waals surface area contributed by atoms with Gasteiger partial charge in [-0.05, 0) is 76.6 Å². The van der Waals surface area contributed by atoms with Gasteiger partial charge in [-0.15, -0.1) is 0 Å². The third-order valence-electron chi connectivity index (χ3n) is 6.62. The van der Waals surface area contributed by atoms with E-state index in [9.17, 15) is 8.42 Å². The van der Waals surface area contributed by atoms with Gasteiger partial charge in [0, 0.05) is 25.3 Å². The van der Waals surface area contributed by atoms with Crippen LogP contribution in [0.2, 0.25) is 0 Å². The van der Waals surface area contributed by atoms with Crippen molar-refractivity contribution in [3.05, 3.63) is 94.5 Å². The molecule has 1 N–H and O–H groups in total. The van der Waals surface area contributed by atoms with E-state index >= 15 is 0 Å². The molecule has 0 atom stereocenters. The van der Waals surface area contributed by atoms with Gasteiger partial charge in [-0.3, -0.25) is 9.62 Å². The van der Waals surface area contributed by atoms with Crippen LogP contribution in [-0.2, 0) is 27.6 Å². The number of nitrogens with zero attached hydrogens (tertiary/aromatic N) is 1. The third kappa shape index (κ3) is 6.16. The van der Waals surface area contributed by atoms with Crippen LogP contribution in [0, 0.1) is 0 Å². The van der Waals surface area contributed by atoms with Crippen molar-refractivity contribution in [3.8, 4) is 5.75 Å². The number of rotatable bonds is 7. The van der Waals surface area contributed by atoms with Gasteiger partial charge in [0.15, 0.2) is 0 Å². The first kappa shape index (κ1) is 24.6. The van der Waals surface area contributed by atoms with Gasteiger partial charge in [0.1, 0.15) is 12.4 Å². The number of nitrogens with one attached hydrogen (secondary N) is 1. The van der Waals surface area contributed by atoms with Crippen LogP contribution in [-0.4, -0.2) is 59.0 Å². The van der Waals surface area contributed by atoms with E-state index in [1.807, 2.05) is 18.2 Å². The fourth-order valence-corrected chi connectivity index (χ4v) is 5.45. The Hall–Kier alpha value is -3.13. The lowest BCUT2D eigenvalue weighted by atomic mass is 9.92. The van der Waals surface area contributed by atoms with E-state index in [1.165, 1.54) is 22.3 Å². The zero-order valence-corrected chi connectivity index (χ0v) is 21.4. The largest absolute Gasteiger partial charge is 0.492 e. The molecule has 2 aliphatic rings. The summed E-state index contributed by atoms with van der Waals surface area (Å²) in [6.45, 7) is 5.06. The van der Waals surface area contributed by atoms with Crippen molar-refractivity contribution >= 4 is 27.4 Å². The molecule has 1 heterocycles. The Morgan fingerprint density at radius 3 is 2.56 bits per heavy atom. The molecule has 36 heavy (non-hydrogen) atoms. The van der Waals surface area contributed by atoms with E-state index in [0.717, 1.165) is 68.8 Å². The van der Waals surface area contributed by atoms with Crippen molar-refractivity contribution in [2.45, 2.75) is 12.8 Å². The van der Waals surface area contributed by atoms with Crippen molar-refractivity contribution in [1.29, 1.82) is 0 Å². The normalized spacial score (nSPS) is 17.2. The molecule has 0 radical (unpaired) electrons. The molecule has 5 rings (SSSR count). The van der Waals surface area contributed by atoms with Crippen LogP contribution in [0.25, 0.3) is 11.6 Å². The Labute approximate surface area is 213 Å². The summed E-state index contributed by atoms with van der Waals surface area (Å²) in [5.74, 6) is 0.895. The van der Waals surface area contributed by atoms with Crippen molar-refractivity contribution in [1.82, 2.24) is 4.90 Å². The fourth-order valence-electron chi connectivity index (χ4n) is 4.89. The second-order valence-electron chi connectivity index (χ2n) is 9.34. The predicted molar refractivity (Wildman–Crippen MR) is 145 cm³/mol. The maximum atomic E-state index is 11.7. The molecular formula is C29H32N2O4S. The number of anilines is 1. The number of aryl methyl sites for hydroxylation is 2. The lowest BCUT2D eigenvalue weighted by Crippen LogP contribution is -2.38. The highest BCUT2D eigenvalue weighted by atomic mass is 32.2. The Kier molecular flexibility index (Phi) is 7.41. The topological polar surface area (TPSA) is 67.9 Å². The molecule has 1 aliphatic carbocycles. The summed E-state index contributed by atoms with van der Waals surface area (Å²) in [5.41, 5.74) is 7.58. The number of morpholine rings is 1. The number of hydrogen-bond donors (Lipinski definition) is 1. The van der Waals surface area contributed by atoms with Gasteiger partial charge in [0.05, 0.1) is 19.5 Å². The minimum absolute atomic E-state index is 0.554. The summed E-state index contributed by atoms with van der Waals surface area (Å²) < 4.78 is 37.6. The quantitative estimate of drug-likeness (QED) is 0.515. The number of benzene rings is 3. The lowest BCUT2D eigenvalue weighted by Gasteiger charge is -2.26. The molecule has 3 aromatic carbocycles. The minimum Gasteiger partial charge on any atom is -0.492 e. The summed E-state index contributed by atoms with van der Waals surface area (Å²) in [6, 6.07) is 22.4. The summed E-state index contributed by atoms with van der Waals surface area (Å²) in [6.07, 6.45) is 5.19. The van der Waals surface area contributed by atoms with Crippen LogP contribution in [0.3, 0.4) is 0 Å². The minimum atomic E-state index is -3.34. The summed E-state index contributed by atoms with van der Waals surface area (Å²) in [4.78, 5) is 2.37. The van der Waals surface area contributed by atoms with E-state index in [1.54, 1.807) is 6.07 Å². The fraction of sp³-hybridized carbons (Fsp3) is 0.310. The molecule has 0 amide bonds. The number of fused-ring (bicyclic) bond motifs is 2. The highest BCUT2D eigenvalue weighted by Gasteiger charge is 2.19. The maximum Gasteiger partial charge on any atom is 0.229 e. The van der Waals surface area contributed by atoms with Gasteiger partial charge in [-0.1, -0.05) is 42.5 Å². The first-order valence-corrected chi connectivity index (χ1v) is 14.3. The second kappa shape index (κ2) is 10.9. The summed E-state index contributed by atoms with van der Waals surface area (Å²) in [7, 11) is -3.34. The van der Waals surface area contributed by atoms with Gasteiger partial charge in [0.25, 0.3) is 0 Å². The first-order chi connectivity index (χ1) is 17.4. The molecule has 0 bridgehead atoms. The first-order valence-electron chi connectivity index (χ1n) is 12.4. The molecule has 3 aromatic rings. The van der Waals surface area contributed by atoms with Crippen LogP contribution in [0.4, 0.5) is 5.69 Å². The van der Waals surface area contributed by atoms with Crippen molar-refractivity contribution in [3.63, 3.8) is 0 Å². The number of sulfonamides is 1. The van der Waals surface area contributed by atoms with Crippen LogP contribution < -0.4 is 9.46 Å². The molecule has 0 aromatic heterocycles. The van der Waals surface area contributed by atoms with E-state index in [4.69, 9.17) is 9.47 Å². The molecule has 1 fully saturated rings. The van der Waals surface area contributed by atoms with Gasteiger partial charge in [-0.2, -0.15) is 0 Å². The van der Waals surface area contributed by atoms with E-state index in [0.29, 0.717) is 12.3 Å². The Morgan fingerprint density at radius 2 is 1.72 bits per heavy atom. The molecule has 0 saturated carbocycles.